The largest absolute Gasteiger partial charge is 0.467 e. The predicted octanol–water partition coefficient (Wildman–Crippen LogP) is 2.61. The van der Waals surface area contributed by atoms with E-state index in [2.05, 4.69) is 5.32 Å². The van der Waals surface area contributed by atoms with Gasteiger partial charge in [-0.25, -0.2) is 9.18 Å². The van der Waals surface area contributed by atoms with Crippen molar-refractivity contribution in [2.75, 3.05) is 7.11 Å². The van der Waals surface area contributed by atoms with E-state index in [-0.39, 0.29) is 24.1 Å². The van der Waals surface area contributed by atoms with E-state index in [1.54, 1.807) is 12.1 Å². The van der Waals surface area contributed by atoms with E-state index in [1.165, 1.54) is 25.7 Å². The second kappa shape index (κ2) is 7.92. The average molecular weight is 307 g/mol. The maximum Gasteiger partial charge on any atom is 0.328 e. The Labute approximate surface area is 130 Å². The summed E-state index contributed by atoms with van der Waals surface area (Å²) < 4.78 is 18.0. The molecule has 4 nitrogen and oxygen atoms in total. The van der Waals surface area contributed by atoms with Crippen LogP contribution in [-0.4, -0.2) is 25.0 Å². The van der Waals surface area contributed by atoms with Crippen molar-refractivity contribution in [2.24, 2.45) is 5.92 Å². The second-order valence-corrected chi connectivity index (χ2v) is 5.77. The van der Waals surface area contributed by atoms with Crippen LogP contribution in [0.3, 0.4) is 0 Å². The van der Waals surface area contributed by atoms with Crippen LogP contribution < -0.4 is 5.32 Å². The number of amides is 1. The average Bonchev–Trinajstić information content (AvgIpc) is 2.53. The first kappa shape index (κ1) is 16.5. The topological polar surface area (TPSA) is 55.4 Å². The molecule has 0 radical (unpaired) electrons. The van der Waals surface area contributed by atoms with Gasteiger partial charge in [0.15, 0.2) is 0 Å². The number of carbonyl (C=O) groups excluding carboxylic acids is 2. The lowest BCUT2D eigenvalue weighted by Gasteiger charge is -2.29. The Balaban J connectivity index is 1.99. The standard InChI is InChI=1S/C17H22FNO3/c1-22-17(21)16(13-7-3-2-4-8-13)19-15(20)11-12-6-5-9-14(18)10-12/h5-6,9-10,13,16H,2-4,7-8,11H2,1H3,(H,19,20)/t16-/m0/s1. The fraction of sp³-hybridized carbons (Fsp3) is 0.529. The lowest BCUT2D eigenvalue weighted by atomic mass is 9.83. The third kappa shape index (κ3) is 4.55. The van der Waals surface area contributed by atoms with E-state index in [4.69, 9.17) is 4.74 Å². The summed E-state index contributed by atoms with van der Waals surface area (Å²) in [6.07, 6.45) is 5.19. The molecule has 0 bridgehead atoms. The summed E-state index contributed by atoms with van der Waals surface area (Å²) in [7, 11) is 1.33. The van der Waals surface area contributed by atoms with Crippen molar-refractivity contribution in [1.82, 2.24) is 5.32 Å². The number of hydrogen-bond donors (Lipinski definition) is 1. The van der Waals surface area contributed by atoms with Crippen LogP contribution in [0.2, 0.25) is 0 Å². The molecular weight excluding hydrogens is 285 g/mol. The van der Waals surface area contributed by atoms with Crippen molar-refractivity contribution in [2.45, 2.75) is 44.6 Å². The summed E-state index contributed by atoms with van der Waals surface area (Å²) in [5.41, 5.74) is 0.588. The zero-order chi connectivity index (χ0) is 15.9. The highest BCUT2D eigenvalue weighted by Crippen LogP contribution is 2.27. The summed E-state index contributed by atoms with van der Waals surface area (Å²) in [5, 5.41) is 2.77. The zero-order valence-corrected chi connectivity index (χ0v) is 12.8. The first-order valence-corrected chi connectivity index (χ1v) is 7.72. The number of carbonyl (C=O) groups is 2. The molecule has 1 saturated carbocycles. The monoisotopic (exact) mass is 307 g/mol. The Morgan fingerprint density at radius 3 is 2.68 bits per heavy atom. The molecule has 1 aliphatic rings. The van der Waals surface area contributed by atoms with Crippen LogP contribution >= 0.6 is 0 Å². The van der Waals surface area contributed by atoms with Gasteiger partial charge < -0.3 is 10.1 Å². The molecule has 1 amide bonds. The highest BCUT2D eigenvalue weighted by Gasteiger charge is 2.31. The van der Waals surface area contributed by atoms with Crippen molar-refractivity contribution in [3.8, 4) is 0 Å². The molecule has 0 aromatic heterocycles. The predicted molar refractivity (Wildman–Crippen MR) is 80.6 cm³/mol. The van der Waals surface area contributed by atoms with Crippen molar-refractivity contribution < 1.29 is 18.7 Å². The molecule has 1 aromatic rings. The molecule has 0 saturated heterocycles. The quantitative estimate of drug-likeness (QED) is 0.851. The van der Waals surface area contributed by atoms with Gasteiger partial charge in [0.1, 0.15) is 11.9 Å². The van der Waals surface area contributed by atoms with Crippen LogP contribution in [0.25, 0.3) is 0 Å². The minimum Gasteiger partial charge on any atom is -0.467 e. The van der Waals surface area contributed by atoms with Gasteiger partial charge in [0.05, 0.1) is 13.5 Å². The van der Waals surface area contributed by atoms with Gasteiger partial charge in [0.2, 0.25) is 5.91 Å². The van der Waals surface area contributed by atoms with Gasteiger partial charge in [-0.1, -0.05) is 31.4 Å². The fourth-order valence-electron chi connectivity index (χ4n) is 3.02. The van der Waals surface area contributed by atoms with E-state index in [9.17, 15) is 14.0 Å². The van der Waals surface area contributed by atoms with Gasteiger partial charge in [-0.3, -0.25) is 4.79 Å². The number of ether oxygens (including phenoxy) is 1. The van der Waals surface area contributed by atoms with Crippen LogP contribution in [0.1, 0.15) is 37.7 Å². The lowest BCUT2D eigenvalue weighted by Crippen LogP contribution is -2.47. The molecule has 1 N–H and O–H groups in total. The molecule has 120 valence electrons. The number of esters is 1. The third-order valence-corrected chi connectivity index (χ3v) is 4.15. The number of hydrogen-bond acceptors (Lipinski definition) is 3. The summed E-state index contributed by atoms with van der Waals surface area (Å²) in [4.78, 5) is 24.1. The van der Waals surface area contributed by atoms with Gasteiger partial charge >= 0.3 is 5.97 Å². The molecule has 22 heavy (non-hydrogen) atoms. The Kier molecular flexibility index (Phi) is 5.92. The van der Waals surface area contributed by atoms with Gasteiger partial charge in [-0.15, -0.1) is 0 Å². The Morgan fingerprint density at radius 2 is 2.05 bits per heavy atom. The molecule has 1 aliphatic carbocycles. The smallest absolute Gasteiger partial charge is 0.328 e. The van der Waals surface area contributed by atoms with Gasteiger partial charge in [0, 0.05) is 0 Å². The van der Waals surface area contributed by atoms with Crippen LogP contribution in [0.5, 0.6) is 0 Å². The molecule has 0 heterocycles. The van der Waals surface area contributed by atoms with Crippen molar-refractivity contribution in [3.05, 3.63) is 35.6 Å². The fourth-order valence-corrected chi connectivity index (χ4v) is 3.02. The van der Waals surface area contributed by atoms with Gasteiger partial charge in [-0.2, -0.15) is 0 Å². The number of rotatable bonds is 5. The lowest BCUT2D eigenvalue weighted by molar-refractivity contribution is -0.147. The first-order chi connectivity index (χ1) is 10.6. The molecule has 0 unspecified atom stereocenters. The Bertz CT molecular complexity index is 526. The van der Waals surface area contributed by atoms with Crippen LogP contribution in [0.15, 0.2) is 24.3 Å². The van der Waals surface area contributed by atoms with Crippen molar-refractivity contribution in [3.63, 3.8) is 0 Å². The molecule has 1 atom stereocenters. The highest BCUT2D eigenvalue weighted by atomic mass is 19.1. The summed E-state index contributed by atoms with van der Waals surface area (Å²) in [5.74, 6) is -0.939. The molecular formula is C17H22FNO3. The minimum atomic E-state index is -0.605. The number of nitrogens with one attached hydrogen (secondary N) is 1. The Morgan fingerprint density at radius 1 is 1.32 bits per heavy atom. The van der Waals surface area contributed by atoms with E-state index >= 15 is 0 Å². The second-order valence-electron chi connectivity index (χ2n) is 5.77. The maximum atomic E-state index is 13.1. The van der Waals surface area contributed by atoms with Crippen molar-refractivity contribution >= 4 is 11.9 Å². The summed E-state index contributed by atoms with van der Waals surface area (Å²) in [6, 6.07) is 5.31. The van der Waals surface area contributed by atoms with Crippen LogP contribution in [0, 0.1) is 11.7 Å². The summed E-state index contributed by atoms with van der Waals surface area (Å²) in [6.45, 7) is 0. The SMILES string of the molecule is COC(=O)[C@@H](NC(=O)Cc1cccc(F)c1)C1CCCCC1. The number of halogens is 1. The van der Waals surface area contributed by atoms with Gasteiger partial charge in [-0.05, 0) is 36.5 Å². The molecule has 5 heteroatoms. The maximum absolute atomic E-state index is 13.1. The molecule has 0 spiro atoms. The minimum absolute atomic E-state index is 0.0535. The third-order valence-electron chi connectivity index (χ3n) is 4.15. The summed E-state index contributed by atoms with van der Waals surface area (Å²) >= 11 is 0. The first-order valence-electron chi connectivity index (χ1n) is 7.72. The van der Waals surface area contributed by atoms with Crippen LogP contribution in [0.4, 0.5) is 4.39 Å². The van der Waals surface area contributed by atoms with Crippen LogP contribution in [-0.2, 0) is 20.7 Å². The van der Waals surface area contributed by atoms with Crippen molar-refractivity contribution in [1.29, 1.82) is 0 Å². The molecule has 1 aromatic carbocycles. The molecule has 2 rings (SSSR count). The normalized spacial score (nSPS) is 16.8. The van der Waals surface area contributed by atoms with E-state index < -0.39 is 12.0 Å². The number of benzene rings is 1. The molecule has 0 aliphatic heterocycles. The van der Waals surface area contributed by atoms with E-state index in [0.717, 1.165) is 25.7 Å². The molecule has 1 fully saturated rings. The highest BCUT2D eigenvalue weighted by molar-refractivity contribution is 5.85. The Hall–Kier alpha value is -1.91. The number of methoxy groups -OCH3 is 1. The van der Waals surface area contributed by atoms with E-state index in [1.807, 2.05) is 0 Å². The van der Waals surface area contributed by atoms with Gasteiger partial charge in [0.25, 0.3) is 0 Å². The zero-order valence-electron chi connectivity index (χ0n) is 12.8. The van der Waals surface area contributed by atoms with E-state index in [0.29, 0.717) is 5.56 Å².